The summed E-state index contributed by atoms with van der Waals surface area (Å²) in [5.41, 5.74) is 1.24. The van der Waals surface area contributed by atoms with Crippen LogP contribution in [-0.2, 0) is 14.8 Å². The van der Waals surface area contributed by atoms with Gasteiger partial charge in [-0.25, -0.2) is 8.42 Å². The SMILES string of the molecule is COc1ccc(C)cc1N([C@@H](C)C(=O)N[C@H](C)C(C)C)S(C)(=O)=O. The van der Waals surface area contributed by atoms with Gasteiger partial charge in [-0.05, 0) is 44.4 Å². The molecule has 1 rings (SSSR count). The van der Waals surface area contributed by atoms with Crippen LogP contribution < -0.4 is 14.4 Å². The van der Waals surface area contributed by atoms with Crippen LogP contribution in [-0.4, -0.2) is 39.8 Å². The predicted molar refractivity (Wildman–Crippen MR) is 97.0 cm³/mol. The lowest BCUT2D eigenvalue weighted by Gasteiger charge is -2.31. The lowest BCUT2D eigenvalue weighted by Crippen LogP contribution is -2.50. The summed E-state index contributed by atoms with van der Waals surface area (Å²) < 4.78 is 31.1. The van der Waals surface area contributed by atoms with E-state index in [1.54, 1.807) is 19.1 Å². The first kappa shape index (κ1) is 20.3. The smallest absolute Gasteiger partial charge is 0.243 e. The normalized spacial score (nSPS) is 14.2. The molecule has 0 saturated carbocycles. The fraction of sp³-hybridized carbons (Fsp3) is 0.588. The van der Waals surface area contributed by atoms with Crippen LogP contribution in [0.2, 0.25) is 0 Å². The van der Waals surface area contributed by atoms with E-state index in [0.29, 0.717) is 11.4 Å². The molecule has 1 aromatic carbocycles. The third-order valence-electron chi connectivity index (χ3n) is 4.03. The molecule has 1 amide bonds. The Morgan fingerprint density at radius 1 is 1.21 bits per heavy atom. The Balaban J connectivity index is 3.29. The molecular weight excluding hydrogens is 328 g/mol. The maximum Gasteiger partial charge on any atom is 0.243 e. The van der Waals surface area contributed by atoms with Crippen molar-refractivity contribution in [1.29, 1.82) is 0 Å². The monoisotopic (exact) mass is 356 g/mol. The Morgan fingerprint density at radius 2 is 1.79 bits per heavy atom. The Labute approximate surface area is 145 Å². The highest BCUT2D eigenvalue weighted by Gasteiger charge is 2.32. The van der Waals surface area contributed by atoms with Gasteiger partial charge in [-0.3, -0.25) is 9.10 Å². The lowest BCUT2D eigenvalue weighted by molar-refractivity contribution is -0.122. The van der Waals surface area contributed by atoms with Gasteiger partial charge in [0.25, 0.3) is 0 Å². The number of amides is 1. The van der Waals surface area contributed by atoms with Gasteiger partial charge < -0.3 is 10.1 Å². The fourth-order valence-corrected chi connectivity index (χ4v) is 3.44. The van der Waals surface area contributed by atoms with Gasteiger partial charge in [-0.2, -0.15) is 0 Å². The van der Waals surface area contributed by atoms with E-state index in [1.165, 1.54) is 7.11 Å². The number of benzene rings is 1. The Hall–Kier alpha value is -1.76. The van der Waals surface area contributed by atoms with Gasteiger partial charge in [0.2, 0.25) is 15.9 Å². The van der Waals surface area contributed by atoms with Gasteiger partial charge in [-0.15, -0.1) is 0 Å². The average Bonchev–Trinajstić information content (AvgIpc) is 2.45. The Kier molecular flexibility index (Phi) is 6.66. The fourth-order valence-electron chi connectivity index (χ4n) is 2.26. The molecular formula is C17H28N2O4S. The van der Waals surface area contributed by atoms with Crippen LogP contribution in [0, 0.1) is 12.8 Å². The number of ether oxygens (including phenoxy) is 1. The number of methoxy groups -OCH3 is 1. The summed E-state index contributed by atoms with van der Waals surface area (Å²) >= 11 is 0. The van der Waals surface area contributed by atoms with Crippen molar-refractivity contribution in [3.8, 4) is 5.75 Å². The van der Waals surface area contributed by atoms with Crippen molar-refractivity contribution in [1.82, 2.24) is 5.32 Å². The molecule has 1 N–H and O–H groups in total. The van der Waals surface area contributed by atoms with Gasteiger partial charge in [0.15, 0.2) is 0 Å². The molecule has 0 radical (unpaired) electrons. The summed E-state index contributed by atoms with van der Waals surface area (Å²) in [6, 6.07) is 4.28. The van der Waals surface area contributed by atoms with Crippen LogP contribution in [0.3, 0.4) is 0 Å². The van der Waals surface area contributed by atoms with Crippen molar-refractivity contribution < 1.29 is 17.9 Å². The Bertz CT molecular complexity index is 686. The number of hydrogen-bond acceptors (Lipinski definition) is 4. The number of carbonyl (C=O) groups is 1. The zero-order valence-corrected chi connectivity index (χ0v) is 16.3. The third-order valence-corrected chi connectivity index (χ3v) is 5.26. The first-order valence-corrected chi connectivity index (χ1v) is 9.78. The van der Waals surface area contributed by atoms with Gasteiger partial charge in [0, 0.05) is 6.04 Å². The number of sulfonamides is 1. The van der Waals surface area contributed by atoms with Crippen LogP contribution in [0.4, 0.5) is 5.69 Å². The molecule has 0 heterocycles. The molecule has 0 spiro atoms. The highest BCUT2D eigenvalue weighted by Crippen LogP contribution is 2.32. The van der Waals surface area contributed by atoms with Crippen molar-refractivity contribution in [3.63, 3.8) is 0 Å². The lowest BCUT2D eigenvalue weighted by atomic mass is 10.1. The maximum atomic E-state index is 12.5. The van der Waals surface area contributed by atoms with E-state index < -0.39 is 16.1 Å². The van der Waals surface area contributed by atoms with E-state index in [4.69, 9.17) is 4.74 Å². The molecule has 0 fully saturated rings. The van der Waals surface area contributed by atoms with Gasteiger partial charge in [-0.1, -0.05) is 19.9 Å². The van der Waals surface area contributed by atoms with Crippen molar-refractivity contribution in [2.75, 3.05) is 17.7 Å². The van der Waals surface area contributed by atoms with E-state index in [1.807, 2.05) is 33.8 Å². The van der Waals surface area contributed by atoms with E-state index in [-0.39, 0.29) is 17.9 Å². The topological polar surface area (TPSA) is 75.7 Å². The first-order valence-electron chi connectivity index (χ1n) is 7.93. The minimum atomic E-state index is -3.68. The number of rotatable bonds is 7. The molecule has 6 nitrogen and oxygen atoms in total. The van der Waals surface area contributed by atoms with Crippen molar-refractivity contribution in [2.45, 2.75) is 46.7 Å². The van der Waals surface area contributed by atoms with Crippen molar-refractivity contribution in [2.24, 2.45) is 5.92 Å². The molecule has 0 saturated heterocycles. The van der Waals surface area contributed by atoms with E-state index >= 15 is 0 Å². The summed E-state index contributed by atoms with van der Waals surface area (Å²) in [7, 11) is -2.20. The minimum absolute atomic E-state index is 0.0548. The van der Waals surface area contributed by atoms with E-state index in [9.17, 15) is 13.2 Å². The maximum absolute atomic E-state index is 12.5. The molecule has 1 aromatic rings. The summed E-state index contributed by atoms with van der Waals surface area (Å²) in [6.07, 6.45) is 1.09. The van der Waals surface area contributed by atoms with Crippen LogP contribution in [0.5, 0.6) is 5.75 Å². The average molecular weight is 356 g/mol. The minimum Gasteiger partial charge on any atom is -0.495 e. The summed E-state index contributed by atoms with van der Waals surface area (Å²) in [5, 5.41) is 2.87. The number of hydrogen-bond donors (Lipinski definition) is 1. The standard InChI is InChI=1S/C17H28N2O4S/c1-11(2)13(4)18-17(20)14(5)19(24(7,21)22)15-10-12(3)8-9-16(15)23-6/h8-11,13-14H,1-7H3,(H,18,20)/t13-,14+/m1/s1. The van der Waals surface area contributed by atoms with E-state index in [2.05, 4.69) is 5.32 Å². The highest BCUT2D eigenvalue weighted by atomic mass is 32.2. The molecule has 136 valence electrons. The summed E-state index contributed by atoms with van der Waals surface area (Å²) in [6.45, 7) is 9.31. The Morgan fingerprint density at radius 3 is 2.25 bits per heavy atom. The van der Waals surface area contributed by atoms with Gasteiger partial charge in [0.1, 0.15) is 11.8 Å². The molecule has 0 aliphatic heterocycles. The second kappa shape index (κ2) is 7.88. The number of nitrogens with zero attached hydrogens (tertiary/aromatic N) is 1. The molecule has 7 heteroatoms. The zero-order valence-electron chi connectivity index (χ0n) is 15.5. The third kappa shape index (κ3) is 4.87. The number of anilines is 1. The van der Waals surface area contributed by atoms with E-state index in [0.717, 1.165) is 16.1 Å². The molecule has 0 unspecified atom stereocenters. The molecule has 0 aromatic heterocycles. The summed E-state index contributed by atoms with van der Waals surface area (Å²) in [4.78, 5) is 12.5. The molecule has 2 atom stereocenters. The van der Waals surface area contributed by atoms with Crippen LogP contribution in [0.25, 0.3) is 0 Å². The highest BCUT2D eigenvalue weighted by molar-refractivity contribution is 7.92. The number of nitrogens with one attached hydrogen (secondary N) is 1. The van der Waals surface area contributed by atoms with Crippen LogP contribution in [0.15, 0.2) is 18.2 Å². The molecule has 0 bridgehead atoms. The predicted octanol–water partition coefficient (Wildman–Crippen LogP) is 2.32. The largest absolute Gasteiger partial charge is 0.495 e. The zero-order chi connectivity index (χ0) is 18.7. The van der Waals surface area contributed by atoms with Gasteiger partial charge in [0.05, 0.1) is 19.1 Å². The molecule has 0 aliphatic carbocycles. The van der Waals surface area contributed by atoms with Crippen LogP contribution in [0.1, 0.15) is 33.3 Å². The quantitative estimate of drug-likeness (QED) is 0.813. The molecule has 0 aliphatic rings. The number of aryl methyl sites for hydroxylation is 1. The molecule has 24 heavy (non-hydrogen) atoms. The van der Waals surface area contributed by atoms with Crippen LogP contribution >= 0.6 is 0 Å². The van der Waals surface area contributed by atoms with Crippen molar-refractivity contribution in [3.05, 3.63) is 23.8 Å². The first-order chi connectivity index (χ1) is 11.0. The van der Waals surface area contributed by atoms with Crippen molar-refractivity contribution >= 4 is 21.6 Å². The summed E-state index contributed by atoms with van der Waals surface area (Å²) in [5.74, 6) is 0.314. The van der Waals surface area contributed by atoms with Gasteiger partial charge >= 0.3 is 0 Å². The second-order valence-electron chi connectivity index (χ2n) is 6.45. The second-order valence-corrected chi connectivity index (χ2v) is 8.31. The number of carbonyl (C=O) groups excluding carboxylic acids is 1.